The molecule has 0 aromatic heterocycles. The van der Waals surface area contributed by atoms with Crippen molar-refractivity contribution in [2.45, 2.75) is 13.3 Å². The molecule has 0 unspecified atom stereocenters. The molecule has 5 heteroatoms. The Morgan fingerprint density at radius 3 is 2.60 bits per heavy atom. The maximum atomic E-state index is 11.0. The highest BCUT2D eigenvalue weighted by atomic mass is 16.4. The Hall–Kier alpha value is -2.04. The summed E-state index contributed by atoms with van der Waals surface area (Å²) in [6.45, 7) is 1.66. The molecule has 0 atom stereocenters. The lowest BCUT2D eigenvalue weighted by Crippen LogP contribution is -2.10. The van der Waals surface area contributed by atoms with Crippen molar-refractivity contribution in [3.8, 4) is 5.75 Å². The predicted molar refractivity (Wildman–Crippen MR) is 54.0 cm³/mol. The maximum Gasteiger partial charge on any atom is 0.335 e. The molecule has 0 radical (unpaired) electrons. The van der Waals surface area contributed by atoms with E-state index in [2.05, 4.69) is 5.32 Å². The Labute approximate surface area is 86.4 Å². The molecule has 0 aliphatic rings. The molecule has 0 fully saturated rings. The number of aromatic carboxylic acids is 1. The smallest absolute Gasteiger partial charge is 0.335 e. The fourth-order valence-corrected chi connectivity index (χ4v) is 1.01. The SMILES string of the molecule is CCC(=O)Nc1cc(C(=O)O)ccc1O. The third kappa shape index (κ3) is 2.70. The number of phenolic OH excluding ortho intramolecular Hbond substituents is 1. The van der Waals surface area contributed by atoms with Crippen molar-refractivity contribution in [2.24, 2.45) is 0 Å². The highest BCUT2D eigenvalue weighted by Crippen LogP contribution is 2.24. The topological polar surface area (TPSA) is 86.6 Å². The van der Waals surface area contributed by atoms with Gasteiger partial charge in [-0.2, -0.15) is 0 Å². The van der Waals surface area contributed by atoms with Crippen LogP contribution in [-0.4, -0.2) is 22.1 Å². The normalized spacial score (nSPS) is 9.67. The lowest BCUT2D eigenvalue weighted by atomic mass is 10.2. The largest absolute Gasteiger partial charge is 0.506 e. The number of aromatic hydroxyl groups is 1. The summed E-state index contributed by atoms with van der Waals surface area (Å²) in [6, 6.07) is 3.71. The number of phenols is 1. The van der Waals surface area contributed by atoms with Crippen LogP contribution in [0.2, 0.25) is 0 Å². The van der Waals surface area contributed by atoms with Gasteiger partial charge in [0.2, 0.25) is 5.91 Å². The zero-order valence-electron chi connectivity index (χ0n) is 8.15. The van der Waals surface area contributed by atoms with Gasteiger partial charge in [-0.15, -0.1) is 0 Å². The van der Waals surface area contributed by atoms with Crippen LogP contribution in [0.25, 0.3) is 0 Å². The van der Waals surface area contributed by atoms with Crippen LogP contribution in [0.15, 0.2) is 18.2 Å². The summed E-state index contributed by atoms with van der Waals surface area (Å²) in [7, 11) is 0. The van der Waals surface area contributed by atoms with E-state index in [0.717, 1.165) is 0 Å². The van der Waals surface area contributed by atoms with Crippen molar-refractivity contribution in [3.63, 3.8) is 0 Å². The van der Waals surface area contributed by atoms with Gasteiger partial charge in [0.25, 0.3) is 0 Å². The van der Waals surface area contributed by atoms with Gasteiger partial charge >= 0.3 is 5.97 Å². The molecule has 0 saturated carbocycles. The zero-order valence-corrected chi connectivity index (χ0v) is 8.15. The first-order valence-corrected chi connectivity index (χ1v) is 4.40. The Balaban J connectivity index is 3.00. The van der Waals surface area contributed by atoms with E-state index in [4.69, 9.17) is 5.11 Å². The van der Waals surface area contributed by atoms with Gasteiger partial charge in [-0.25, -0.2) is 4.79 Å². The van der Waals surface area contributed by atoms with Gasteiger partial charge in [-0.3, -0.25) is 4.79 Å². The molecule has 0 bridgehead atoms. The summed E-state index contributed by atoms with van der Waals surface area (Å²) in [5, 5.41) is 20.5. The van der Waals surface area contributed by atoms with Gasteiger partial charge in [0.05, 0.1) is 11.3 Å². The fourth-order valence-electron chi connectivity index (χ4n) is 1.01. The Kier molecular flexibility index (Phi) is 3.28. The van der Waals surface area contributed by atoms with Gasteiger partial charge in [-0.05, 0) is 18.2 Å². The first kappa shape index (κ1) is 11.0. The molecule has 80 valence electrons. The molecular weight excluding hydrogens is 198 g/mol. The number of anilines is 1. The first-order chi connectivity index (χ1) is 7.04. The monoisotopic (exact) mass is 209 g/mol. The minimum Gasteiger partial charge on any atom is -0.506 e. The fraction of sp³-hybridized carbons (Fsp3) is 0.200. The van der Waals surface area contributed by atoms with Gasteiger partial charge in [0.15, 0.2) is 0 Å². The summed E-state index contributed by atoms with van der Waals surface area (Å²) in [4.78, 5) is 21.7. The highest BCUT2D eigenvalue weighted by molar-refractivity contribution is 5.95. The molecule has 0 aliphatic carbocycles. The minimum atomic E-state index is -1.11. The molecule has 0 spiro atoms. The number of rotatable bonds is 3. The van der Waals surface area contributed by atoms with E-state index < -0.39 is 5.97 Å². The van der Waals surface area contributed by atoms with Crippen molar-refractivity contribution in [1.29, 1.82) is 0 Å². The van der Waals surface area contributed by atoms with Gasteiger partial charge < -0.3 is 15.5 Å². The zero-order chi connectivity index (χ0) is 11.4. The van der Waals surface area contributed by atoms with Crippen molar-refractivity contribution in [3.05, 3.63) is 23.8 Å². The van der Waals surface area contributed by atoms with Crippen molar-refractivity contribution in [1.82, 2.24) is 0 Å². The van der Waals surface area contributed by atoms with Crippen molar-refractivity contribution >= 4 is 17.6 Å². The number of carboxylic acid groups (broad SMARTS) is 1. The number of amides is 1. The number of carbonyl (C=O) groups is 2. The molecule has 0 aliphatic heterocycles. The Morgan fingerprint density at radius 2 is 2.07 bits per heavy atom. The molecule has 1 rings (SSSR count). The van der Waals surface area contributed by atoms with E-state index in [0.29, 0.717) is 0 Å². The first-order valence-electron chi connectivity index (χ1n) is 4.40. The van der Waals surface area contributed by atoms with Crippen LogP contribution < -0.4 is 5.32 Å². The average Bonchev–Trinajstić information content (AvgIpc) is 2.20. The van der Waals surface area contributed by atoms with Crippen LogP contribution in [0.4, 0.5) is 5.69 Å². The van der Waals surface area contributed by atoms with Crippen LogP contribution in [0, 0.1) is 0 Å². The maximum absolute atomic E-state index is 11.0. The second kappa shape index (κ2) is 4.45. The number of hydrogen-bond acceptors (Lipinski definition) is 3. The average molecular weight is 209 g/mol. The van der Waals surface area contributed by atoms with E-state index in [1.165, 1.54) is 18.2 Å². The van der Waals surface area contributed by atoms with Crippen LogP contribution in [0.5, 0.6) is 5.75 Å². The lowest BCUT2D eigenvalue weighted by Gasteiger charge is -2.06. The number of carbonyl (C=O) groups excluding carboxylic acids is 1. The van der Waals surface area contributed by atoms with E-state index in [1.807, 2.05) is 0 Å². The third-order valence-electron chi connectivity index (χ3n) is 1.84. The molecule has 0 heterocycles. The number of benzene rings is 1. The second-order valence-electron chi connectivity index (χ2n) is 2.94. The van der Waals surface area contributed by atoms with Crippen molar-refractivity contribution in [2.75, 3.05) is 5.32 Å². The van der Waals surface area contributed by atoms with Crippen molar-refractivity contribution < 1.29 is 19.8 Å². The number of carboxylic acids is 1. The van der Waals surface area contributed by atoms with E-state index in [-0.39, 0.29) is 29.3 Å². The Bertz CT molecular complexity index is 400. The number of hydrogen-bond donors (Lipinski definition) is 3. The third-order valence-corrected chi connectivity index (χ3v) is 1.84. The van der Waals surface area contributed by atoms with Crippen LogP contribution in [0.3, 0.4) is 0 Å². The van der Waals surface area contributed by atoms with Crippen LogP contribution in [-0.2, 0) is 4.79 Å². The van der Waals surface area contributed by atoms with Gasteiger partial charge in [-0.1, -0.05) is 6.92 Å². The predicted octanol–water partition coefficient (Wildman–Crippen LogP) is 1.44. The summed E-state index contributed by atoms with van der Waals surface area (Å²) in [5.74, 6) is -1.54. The van der Waals surface area contributed by atoms with E-state index in [9.17, 15) is 14.7 Å². The van der Waals surface area contributed by atoms with E-state index >= 15 is 0 Å². The molecule has 1 aromatic carbocycles. The quantitative estimate of drug-likeness (QED) is 0.657. The molecule has 0 saturated heterocycles. The number of nitrogens with one attached hydrogen (secondary N) is 1. The van der Waals surface area contributed by atoms with Crippen LogP contribution in [0.1, 0.15) is 23.7 Å². The summed E-state index contributed by atoms with van der Waals surface area (Å²) in [5.41, 5.74) is 0.126. The van der Waals surface area contributed by atoms with Gasteiger partial charge in [0, 0.05) is 6.42 Å². The molecule has 1 amide bonds. The summed E-state index contributed by atoms with van der Waals surface area (Å²) in [6.07, 6.45) is 0.261. The molecule has 5 nitrogen and oxygen atoms in total. The second-order valence-corrected chi connectivity index (χ2v) is 2.94. The van der Waals surface area contributed by atoms with E-state index in [1.54, 1.807) is 6.92 Å². The Morgan fingerprint density at radius 1 is 1.40 bits per heavy atom. The molecule has 1 aromatic rings. The molecule has 3 N–H and O–H groups in total. The lowest BCUT2D eigenvalue weighted by molar-refractivity contribution is -0.115. The minimum absolute atomic E-state index is 0.0132. The van der Waals surface area contributed by atoms with Crippen LogP contribution >= 0.6 is 0 Å². The molecular formula is C10H11NO4. The summed E-state index contributed by atoms with van der Waals surface area (Å²) >= 11 is 0. The summed E-state index contributed by atoms with van der Waals surface area (Å²) < 4.78 is 0. The molecule has 15 heavy (non-hydrogen) atoms. The van der Waals surface area contributed by atoms with Gasteiger partial charge in [0.1, 0.15) is 5.75 Å². The standard InChI is InChI=1S/C10H11NO4/c1-2-9(13)11-7-5-6(10(14)15)3-4-8(7)12/h3-5,12H,2H2,1H3,(H,11,13)(H,14,15). The highest BCUT2D eigenvalue weighted by Gasteiger charge is 2.09.